The fourth-order valence-corrected chi connectivity index (χ4v) is 3.54. The van der Waals surface area contributed by atoms with Crippen molar-refractivity contribution in [1.29, 1.82) is 0 Å². The molecule has 6 heteroatoms. The Morgan fingerprint density at radius 3 is 3.10 bits per heavy atom. The van der Waals surface area contributed by atoms with Gasteiger partial charge in [-0.1, -0.05) is 11.6 Å². The summed E-state index contributed by atoms with van der Waals surface area (Å²) < 4.78 is 5.05. The van der Waals surface area contributed by atoms with Gasteiger partial charge in [0.1, 0.15) is 0 Å². The summed E-state index contributed by atoms with van der Waals surface area (Å²) in [6.45, 7) is 4.14. The highest BCUT2D eigenvalue weighted by Crippen LogP contribution is 2.27. The Morgan fingerprint density at radius 1 is 1.38 bits per heavy atom. The van der Waals surface area contributed by atoms with E-state index in [0.717, 1.165) is 19.4 Å². The van der Waals surface area contributed by atoms with Crippen LogP contribution in [0.15, 0.2) is 4.52 Å². The molecule has 2 aliphatic rings. The van der Waals surface area contributed by atoms with Crippen molar-refractivity contribution in [1.82, 2.24) is 20.4 Å². The van der Waals surface area contributed by atoms with Crippen molar-refractivity contribution in [2.45, 2.75) is 64.0 Å². The van der Waals surface area contributed by atoms with Gasteiger partial charge in [-0.15, -0.1) is 0 Å². The zero-order valence-electron chi connectivity index (χ0n) is 12.7. The first-order valence-corrected chi connectivity index (χ1v) is 8.05. The minimum atomic E-state index is 0.156. The molecule has 0 aromatic carbocycles. The molecular formula is C15H24N4O2. The van der Waals surface area contributed by atoms with Gasteiger partial charge in [-0.3, -0.25) is 9.69 Å². The maximum Gasteiger partial charge on any atom is 0.226 e. The summed E-state index contributed by atoms with van der Waals surface area (Å²) in [7, 11) is 0. The minimum Gasteiger partial charge on any atom is -0.352 e. The molecule has 6 nitrogen and oxygen atoms in total. The summed E-state index contributed by atoms with van der Waals surface area (Å²) in [6, 6.07) is 0.921. The number of piperidine rings is 1. The standard InChI is InChI=1S/C15H24N4O2/c1-11-16-15(21-18-11)7-4-6-14(20)17-12-8-10-19-9-3-2-5-13(12)19/h12-13H,2-10H2,1H3,(H,17,20)/t12-,13-/m1/s1. The molecule has 1 amide bonds. The molecule has 1 N–H and O–H groups in total. The molecule has 0 bridgehead atoms. The highest BCUT2D eigenvalue weighted by Gasteiger charge is 2.35. The van der Waals surface area contributed by atoms with E-state index in [9.17, 15) is 4.79 Å². The Morgan fingerprint density at radius 2 is 2.29 bits per heavy atom. The van der Waals surface area contributed by atoms with Crippen LogP contribution in [0.2, 0.25) is 0 Å². The quantitative estimate of drug-likeness (QED) is 0.889. The average Bonchev–Trinajstić information content (AvgIpc) is 3.06. The van der Waals surface area contributed by atoms with Crippen molar-refractivity contribution in [3.63, 3.8) is 0 Å². The first-order valence-electron chi connectivity index (χ1n) is 8.05. The number of carbonyl (C=O) groups excluding carboxylic acids is 1. The third kappa shape index (κ3) is 3.61. The summed E-state index contributed by atoms with van der Waals surface area (Å²) in [5.41, 5.74) is 0. The van der Waals surface area contributed by atoms with Crippen molar-refractivity contribution in [2.24, 2.45) is 0 Å². The van der Waals surface area contributed by atoms with Crippen LogP contribution in [0.5, 0.6) is 0 Å². The van der Waals surface area contributed by atoms with Gasteiger partial charge < -0.3 is 9.84 Å². The number of nitrogens with zero attached hydrogens (tertiary/aromatic N) is 3. The van der Waals surface area contributed by atoms with Gasteiger partial charge in [-0.2, -0.15) is 4.98 Å². The van der Waals surface area contributed by atoms with Gasteiger partial charge in [0.05, 0.1) is 0 Å². The lowest BCUT2D eigenvalue weighted by molar-refractivity contribution is -0.122. The summed E-state index contributed by atoms with van der Waals surface area (Å²) in [5, 5.41) is 6.97. The molecule has 116 valence electrons. The predicted molar refractivity (Wildman–Crippen MR) is 77.7 cm³/mol. The molecule has 3 rings (SSSR count). The molecule has 2 saturated heterocycles. The molecule has 0 spiro atoms. The highest BCUT2D eigenvalue weighted by molar-refractivity contribution is 5.76. The smallest absolute Gasteiger partial charge is 0.226 e. The maximum atomic E-state index is 12.1. The Kier molecular flexibility index (Phi) is 4.53. The topological polar surface area (TPSA) is 71.3 Å². The lowest BCUT2D eigenvalue weighted by Gasteiger charge is -2.32. The Hall–Kier alpha value is -1.43. The molecular weight excluding hydrogens is 268 g/mol. The number of hydrogen-bond donors (Lipinski definition) is 1. The van der Waals surface area contributed by atoms with Crippen molar-refractivity contribution in [2.75, 3.05) is 13.1 Å². The molecule has 1 aromatic rings. The molecule has 1 aromatic heterocycles. The Balaban J connectivity index is 1.40. The number of aromatic nitrogens is 2. The number of carbonyl (C=O) groups is 1. The van der Waals surface area contributed by atoms with Crippen LogP contribution in [0.1, 0.15) is 50.2 Å². The molecule has 2 aliphatic heterocycles. The predicted octanol–water partition coefficient (Wildman–Crippen LogP) is 1.44. The van der Waals surface area contributed by atoms with Gasteiger partial charge in [0, 0.05) is 31.5 Å². The average molecular weight is 292 g/mol. The van der Waals surface area contributed by atoms with E-state index in [1.807, 2.05) is 0 Å². The Bertz CT molecular complexity index is 488. The molecule has 0 unspecified atom stereocenters. The number of amides is 1. The minimum absolute atomic E-state index is 0.156. The van der Waals surface area contributed by atoms with Crippen LogP contribution in [0.3, 0.4) is 0 Å². The second-order valence-electron chi connectivity index (χ2n) is 6.15. The number of aryl methyl sites for hydroxylation is 2. The highest BCUT2D eigenvalue weighted by atomic mass is 16.5. The van der Waals surface area contributed by atoms with Crippen LogP contribution in [0, 0.1) is 6.92 Å². The fourth-order valence-electron chi connectivity index (χ4n) is 3.54. The monoisotopic (exact) mass is 292 g/mol. The van der Waals surface area contributed by atoms with Gasteiger partial charge in [-0.25, -0.2) is 0 Å². The van der Waals surface area contributed by atoms with Crippen molar-refractivity contribution >= 4 is 5.91 Å². The number of rotatable bonds is 5. The molecule has 2 fully saturated rings. The van der Waals surface area contributed by atoms with Crippen molar-refractivity contribution < 1.29 is 9.32 Å². The maximum absolute atomic E-state index is 12.1. The molecule has 2 atom stereocenters. The van der Waals surface area contributed by atoms with E-state index in [-0.39, 0.29) is 5.91 Å². The second-order valence-corrected chi connectivity index (χ2v) is 6.15. The van der Waals surface area contributed by atoms with Gasteiger partial charge in [0.15, 0.2) is 5.82 Å². The number of nitrogens with one attached hydrogen (secondary N) is 1. The lowest BCUT2D eigenvalue weighted by atomic mass is 9.99. The molecule has 0 aliphatic carbocycles. The first kappa shape index (κ1) is 14.5. The second kappa shape index (κ2) is 6.56. The van der Waals surface area contributed by atoms with E-state index in [4.69, 9.17) is 4.52 Å². The molecule has 3 heterocycles. The van der Waals surface area contributed by atoms with E-state index in [1.165, 1.54) is 25.8 Å². The fraction of sp³-hybridized carbons (Fsp3) is 0.800. The summed E-state index contributed by atoms with van der Waals surface area (Å²) >= 11 is 0. The van der Waals surface area contributed by atoms with Gasteiger partial charge in [0.2, 0.25) is 11.8 Å². The van der Waals surface area contributed by atoms with E-state index >= 15 is 0 Å². The van der Waals surface area contributed by atoms with Crippen LogP contribution in [-0.2, 0) is 11.2 Å². The third-order valence-corrected chi connectivity index (χ3v) is 4.57. The van der Waals surface area contributed by atoms with Crippen LogP contribution in [0.4, 0.5) is 0 Å². The largest absolute Gasteiger partial charge is 0.352 e. The zero-order chi connectivity index (χ0) is 14.7. The molecule has 0 saturated carbocycles. The number of fused-ring (bicyclic) bond motifs is 1. The summed E-state index contributed by atoms with van der Waals surface area (Å²) in [4.78, 5) is 18.8. The van der Waals surface area contributed by atoms with Crippen molar-refractivity contribution in [3.8, 4) is 0 Å². The lowest BCUT2D eigenvalue weighted by Crippen LogP contribution is -2.46. The van der Waals surface area contributed by atoms with Gasteiger partial charge >= 0.3 is 0 Å². The zero-order valence-corrected chi connectivity index (χ0v) is 12.7. The molecule has 21 heavy (non-hydrogen) atoms. The number of hydrogen-bond acceptors (Lipinski definition) is 5. The molecule has 0 radical (unpaired) electrons. The normalized spacial score (nSPS) is 25.8. The summed E-state index contributed by atoms with van der Waals surface area (Å²) in [5.74, 6) is 1.43. The van der Waals surface area contributed by atoms with E-state index in [2.05, 4.69) is 20.4 Å². The van der Waals surface area contributed by atoms with E-state index < -0.39 is 0 Å². The SMILES string of the molecule is Cc1noc(CCCC(=O)N[C@@H]2CCN3CCCC[C@H]23)n1. The van der Waals surface area contributed by atoms with Crippen LogP contribution >= 0.6 is 0 Å². The van der Waals surface area contributed by atoms with Gasteiger partial charge in [0.25, 0.3) is 0 Å². The van der Waals surface area contributed by atoms with Crippen LogP contribution in [0.25, 0.3) is 0 Å². The first-order chi connectivity index (χ1) is 10.2. The third-order valence-electron chi connectivity index (χ3n) is 4.57. The van der Waals surface area contributed by atoms with Crippen LogP contribution in [-0.4, -0.2) is 46.1 Å². The van der Waals surface area contributed by atoms with E-state index in [0.29, 0.717) is 36.6 Å². The Labute approximate surface area is 125 Å². The van der Waals surface area contributed by atoms with Crippen LogP contribution < -0.4 is 5.32 Å². The van der Waals surface area contributed by atoms with Gasteiger partial charge in [-0.05, 0) is 39.2 Å². The van der Waals surface area contributed by atoms with Crippen molar-refractivity contribution in [3.05, 3.63) is 11.7 Å². The van der Waals surface area contributed by atoms with E-state index in [1.54, 1.807) is 6.92 Å². The summed E-state index contributed by atoms with van der Waals surface area (Å²) in [6.07, 6.45) is 6.89.